The first-order valence-electron chi connectivity index (χ1n) is 10.8. The maximum atomic E-state index is 12.8. The third-order valence-corrected chi connectivity index (χ3v) is 5.98. The summed E-state index contributed by atoms with van der Waals surface area (Å²) in [6.07, 6.45) is 4.18. The monoisotopic (exact) mass is 484 g/mol. The van der Waals surface area contributed by atoms with Crippen molar-refractivity contribution in [2.24, 2.45) is 7.05 Å². The quantitative estimate of drug-likeness (QED) is 0.474. The van der Waals surface area contributed by atoms with Gasteiger partial charge >= 0.3 is 0 Å². The number of hydrogen-bond acceptors (Lipinski definition) is 7. The van der Waals surface area contributed by atoms with Crippen LogP contribution >= 0.6 is 11.6 Å². The fraction of sp³-hybridized carbons (Fsp3) is 0.348. The molecule has 2 aromatic heterocycles. The summed E-state index contributed by atoms with van der Waals surface area (Å²) < 4.78 is 12.0. The van der Waals surface area contributed by atoms with E-state index in [4.69, 9.17) is 20.9 Å². The van der Waals surface area contributed by atoms with E-state index in [1.165, 1.54) is 16.1 Å². The molecule has 34 heavy (non-hydrogen) atoms. The van der Waals surface area contributed by atoms with Crippen molar-refractivity contribution in [2.45, 2.75) is 26.2 Å². The maximum Gasteiger partial charge on any atom is 0.265 e. The molecule has 0 saturated carbocycles. The van der Waals surface area contributed by atoms with Crippen LogP contribution < -0.4 is 4.74 Å². The minimum Gasteiger partial charge on any atom is -0.497 e. The average Bonchev–Trinajstić information content (AvgIpc) is 3.57. The van der Waals surface area contributed by atoms with Crippen molar-refractivity contribution in [3.63, 3.8) is 0 Å². The number of amides is 2. The van der Waals surface area contributed by atoms with Crippen molar-refractivity contribution in [1.29, 1.82) is 0 Å². The zero-order chi connectivity index (χ0) is 24.2. The first-order chi connectivity index (χ1) is 16.4. The van der Waals surface area contributed by atoms with Crippen molar-refractivity contribution in [3.8, 4) is 17.1 Å². The lowest BCUT2D eigenvalue weighted by Gasteiger charge is -2.26. The molecule has 0 spiro atoms. The standard InChI is InChI=1S/C23H25ClN6O4/c1-15-18(22(24)28(2)26-15)9-11-20(31)29-13-4-14-30(29)21(32)12-10-19-25-23(27-34-19)16-5-7-17(33-3)8-6-16/h5-9,11H,4,10,12-14H2,1-3H3/b11-9+. The van der Waals surface area contributed by atoms with Crippen LogP contribution in [0.4, 0.5) is 0 Å². The summed E-state index contributed by atoms with van der Waals surface area (Å²) >= 11 is 6.22. The smallest absolute Gasteiger partial charge is 0.265 e. The number of carbonyl (C=O) groups excluding carboxylic acids is 2. The molecule has 0 bridgehead atoms. The number of carbonyl (C=O) groups is 2. The number of rotatable bonds is 7. The number of benzene rings is 1. The molecular formula is C23H25ClN6O4. The number of aromatic nitrogens is 4. The van der Waals surface area contributed by atoms with E-state index < -0.39 is 0 Å². The second kappa shape index (κ2) is 10.1. The summed E-state index contributed by atoms with van der Waals surface area (Å²) in [7, 11) is 3.33. The molecule has 178 valence electrons. The second-order valence-corrected chi connectivity index (χ2v) is 8.18. The molecule has 1 fully saturated rings. The highest BCUT2D eigenvalue weighted by Crippen LogP contribution is 2.22. The number of nitrogens with zero attached hydrogens (tertiary/aromatic N) is 6. The third-order valence-electron chi connectivity index (χ3n) is 5.53. The van der Waals surface area contributed by atoms with Gasteiger partial charge in [0.1, 0.15) is 10.9 Å². The van der Waals surface area contributed by atoms with Crippen LogP contribution in [0.5, 0.6) is 5.75 Å². The van der Waals surface area contributed by atoms with E-state index in [9.17, 15) is 9.59 Å². The van der Waals surface area contributed by atoms with Gasteiger partial charge in [0.05, 0.1) is 12.8 Å². The van der Waals surface area contributed by atoms with Gasteiger partial charge in [-0.25, -0.2) is 5.01 Å². The fourth-order valence-corrected chi connectivity index (χ4v) is 3.97. The van der Waals surface area contributed by atoms with Crippen LogP contribution in [-0.4, -0.2) is 62.0 Å². The minimum absolute atomic E-state index is 0.144. The molecule has 3 aromatic rings. The molecule has 1 aromatic carbocycles. The lowest BCUT2D eigenvalue weighted by molar-refractivity contribution is -0.154. The van der Waals surface area contributed by atoms with Gasteiger partial charge < -0.3 is 9.26 Å². The number of methoxy groups -OCH3 is 1. The fourth-order valence-electron chi connectivity index (χ4n) is 3.73. The van der Waals surface area contributed by atoms with Crippen LogP contribution in [0.15, 0.2) is 34.9 Å². The molecule has 0 atom stereocenters. The Bertz CT molecular complexity index is 1220. The highest BCUT2D eigenvalue weighted by atomic mass is 35.5. The summed E-state index contributed by atoms with van der Waals surface area (Å²) in [5.74, 6) is 1.07. The Balaban J connectivity index is 1.36. The van der Waals surface area contributed by atoms with Gasteiger partial charge in [0.25, 0.3) is 5.91 Å². The Labute approximate surface area is 201 Å². The predicted molar refractivity (Wildman–Crippen MR) is 125 cm³/mol. The van der Waals surface area contributed by atoms with Gasteiger partial charge in [-0.05, 0) is 43.7 Å². The molecule has 0 radical (unpaired) electrons. The lowest BCUT2D eigenvalue weighted by Crippen LogP contribution is -2.44. The molecule has 1 aliphatic rings. The zero-order valence-electron chi connectivity index (χ0n) is 19.2. The van der Waals surface area contributed by atoms with Crippen molar-refractivity contribution in [3.05, 3.63) is 52.6 Å². The lowest BCUT2D eigenvalue weighted by atomic mass is 10.2. The second-order valence-electron chi connectivity index (χ2n) is 7.82. The highest BCUT2D eigenvalue weighted by Gasteiger charge is 2.29. The molecule has 1 saturated heterocycles. The Kier molecular flexibility index (Phi) is 6.97. The summed E-state index contributed by atoms with van der Waals surface area (Å²) in [6, 6.07) is 7.29. The van der Waals surface area contributed by atoms with Gasteiger partial charge in [-0.2, -0.15) is 10.1 Å². The first kappa shape index (κ1) is 23.5. The molecule has 10 nitrogen and oxygen atoms in total. The largest absolute Gasteiger partial charge is 0.497 e. The van der Waals surface area contributed by atoms with Gasteiger partial charge in [-0.3, -0.25) is 19.3 Å². The topological polar surface area (TPSA) is 107 Å². The molecule has 3 heterocycles. The van der Waals surface area contributed by atoms with Gasteiger partial charge in [0, 0.05) is 50.2 Å². The van der Waals surface area contributed by atoms with E-state index in [2.05, 4.69) is 15.2 Å². The number of halogens is 1. The Morgan fingerprint density at radius 1 is 1.21 bits per heavy atom. The highest BCUT2D eigenvalue weighted by molar-refractivity contribution is 6.31. The molecular weight excluding hydrogens is 460 g/mol. The van der Waals surface area contributed by atoms with Crippen LogP contribution in [0.3, 0.4) is 0 Å². The number of hydrazine groups is 1. The van der Waals surface area contributed by atoms with E-state index in [-0.39, 0.29) is 24.7 Å². The maximum absolute atomic E-state index is 12.8. The average molecular weight is 485 g/mol. The van der Waals surface area contributed by atoms with Crippen LogP contribution in [0.2, 0.25) is 5.15 Å². The van der Waals surface area contributed by atoms with Gasteiger partial charge in [-0.15, -0.1) is 0 Å². The molecule has 0 unspecified atom stereocenters. The Morgan fingerprint density at radius 2 is 1.94 bits per heavy atom. The molecule has 1 aliphatic heterocycles. The van der Waals surface area contributed by atoms with E-state index >= 15 is 0 Å². The Hall–Kier alpha value is -3.66. The molecule has 4 rings (SSSR count). The summed E-state index contributed by atoms with van der Waals surface area (Å²) in [5, 5.41) is 11.6. The van der Waals surface area contributed by atoms with Crippen molar-refractivity contribution in [1.82, 2.24) is 29.9 Å². The zero-order valence-corrected chi connectivity index (χ0v) is 19.9. The van der Waals surface area contributed by atoms with Crippen LogP contribution in [0, 0.1) is 6.92 Å². The van der Waals surface area contributed by atoms with Gasteiger partial charge in [0.2, 0.25) is 17.6 Å². The normalized spacial score (nSPS) is 13.8. The van der Waals surface area contributed by atoms with Gasteiger partial charge in [-0.1, -0.05) is 16.8 Å². The van der Waals surface area contributed by atoms with Crippen LogP contribution in [-0.2, 0) is 23.1 Å². The van der Waals surface area contributed by atoms with Crippen molar-refractivity contribution < 1.29 is 18.8 Å². The molecule has 0 aliphatic carbocycles. The molecule has 2 amide bonds. The minimum atomic E-state index is -0.287. The Morgan fingerprint density at radius 3 is 2.62 bits per heavy atom. The number of ether oxygens (including phenoxy) is 1. The predicted octanol–water partition coefficient (Wildman–Crippen LogP) is 3.06. The third kappa shape index (κ3) is 4.96. The van der Waals surface area contributed by atoms with E-state index in [0.717, 1.165) is 17.0 Å². The number of hydrogen-bond donors (Lipinski definition) is 0. The van der Waals surface area contributed by atoms with Crippen molar-refractivity contribution in [2.75, 3.05) is 20.2 Å². The molecule has 11 heteroatoms. The first-order valence-corrected chi connectivity index (χ1v) is 11.2. The van der Waals surface area contributed by atoms with Gasteiger partial charge in [0.15, 0.2) is 0 Å². The van der Waals surface area contributed by atoms with Crippen LogP contribution in [0.1, 0.15) is 30.0 Å². The SMILES string of the molecule is COc1ccc(-c2noc(CCC(=O)N3CCCN3C(=O)/C=C/c3c(C)nn(C)c3Cl)n2)cc1. The van der Waals surface area contributed by atoms with E-state index in [1.54, 1.807) is 24.9 Å². The van der Waals surface area contributed by atoms with E-state index in [1.807, 2.05) is 31.2 Å². The van der Waals surface area contributed by atoms with Crippen LogP contribution in [0.25, 0.3) is 17.5 Å². The number of aryl methyl sites for hydroxylation is 3. The van der Waals surface area contributed by atoms with E-state index in [0.29, 0.717) is 41.9 Å². The summed E-state index contributed by atoms with van der Waals surface area (Å²) in [6.45, 7) is 2.77. The summed E-state index contributed by atoms with van der Waals surface area (Å²) in [4.78, 5) is 30.0. The molecule has 0 N–H and O–H groups in total. The summed E-state index contributed by atoms with van der Waals surface area (Å²) in [5.41, 5.74) is 2.19. The van der Waals surface area contributed by atoms with Crippen molar-refractivity contribution >= 4 is 29.5 Å².